The van der Waals surface area contributed by atoms with Gasteiger partial charge in [0.2, 0.25) is 10.0 Å². The smallest absolute Gasteiger partial charge is 0.241 e. The van der Waals surface area contributed by atoms with Crippen LogP contribution >= 0.6 is 11.3 Å². The fraction of sp³-hybridized carbons (Fsp3) is 0.667. The molecule has 0 saturated carbocycles. The number of rotatable bonds is 7. The van der Waals surface area contributed by atoms with Crippen LogP contribution in [0.15, 0.2) is 11.0 Å². The number of aryl methyl sites for hydroxylation is 1. The molecule has 0 aromatic carbocycles. The highest BCUT2D eigenvalue weighted by atomic mass is 32.2. The van der Waals surface area contributed by atoms with Crippen LogP contribution in [0.5, 0.6) is 0 Å². The molecule has 0 aliphatic carbocycles. The van der Waals surface area contributed by atoms with Gasteiger partial charge in [-0.05, 0) is 25.8 Å². The minimum absolute atomic E-state index is 0.0145. The third kappa shape index (κ3) is 3.78. The summed E-state index contributed by atoms with van der Waals surface area (Å²) >= 11 is 1.45. The number of nitrogens with one attached hydrogen (secondary N) is 1. The maximum absolute atomic E-state index is 12.3. The predicted octanol–water partition coefficient (Wildman–Crippen LogP) is 2.37. The van der Waals surface area contributed by atoms with E-state index in [1.54, 1.807) is 6.07 Å². The van der Waals surface area contributed by atoms with Gasteiger partial charge in [-0.3, -0.25) is 0 Å². The molecule has 0 aliphatic heterocycles. The number of sulfonamides is 1. The molecular formula is C12H22N2O2S2. The van der Waals surface area contributed by atoms with Crippen LogP contribution in [0, 0.1) is 6.92 Å². The van der Waals surface area contributed by atoms with E-state index >= 15 is 0 Å². The lowest BCUT2D eigenvalue weighted by molar-refractivity contribution is 0.512. The summed E-state index contributed by atoms with van der Waals surface area (Å²) in [5, 5.41) is 0. The van der Waals surface area contributed by atoms with Gasteiger partial charge in [0.1, 0.15) is 0 Å². The van der Waals surface area contributed by atoms with Crippen molar-refractivity contribution in [3.63, 3.8) is 0 Å². The molecule has 0 radical (unpaired) electrons. The maximum atomic E-state index is 12.3. The highest BCUT2D eigenvalue weighted by molar-refractivity contribution is 7.89. The van der Waals surface area contributed by atoms with Crippen LogP contribution < -0.4 is 10.5 Å². The predicted molar refractivity (Wildman–Crippen MR) is 76.3 cm³/mol. The first-order chi connectivity index (χ1) is 8.44. The molecule has 3 N–H and O–H groups in total. The lowest BCUT2D eigenvalue weighted by Gasteiger charge is -2.15. The molecule has 0 bridgehead atoms. The van der Waals surface area contributed by atoms with Gasteiger partial charge in [-0.2, -0.15) is 0 Å². The number of thiophene rings is 1. The molecule has 0 aliphatic rings. The van der Waals surface area contributed by atoms with Gasteiger partial charge < -0.3 is 5.73 Å². The Kier molecular flexibility index (Phi) is 5.78. The molecule has 1 rings (SSSR count). The standard InChI is InChI=1S/C12H22N2O2S2/c1-4-6-10(5-2)14-18(15,16)12-7-11(8-13)17-9(12)3/h7,10,14H,4-6,8,13H2,1-3H3. The molecule has 6 heteroatoms. The lowest BCUT2D eigenvalue weighted by atomic mass is 10.1. The molecule has 0 spiro atoms. The summed E-state index contributed by atoms with van der Waals surface area (Å²) in [7, 11) is -3.41. The Morgan fingerprint density at radius 1 is 1.44 bits per heavy atom. The Balaban J connectivity index is 2.94. The van der Waals surface area contributed by atoms with Gasteiger partial charge in [0.15, 0.2) is 0 Å². The Hall–Kier alpha value is -0.430. The fourth-order valence-electron chi connectivity index (χ4n) is 1.87. The van der Waals surface area contributed by atoms with Crippen LogP contribution in [0.25, 0.3) is 0 Å². The van der Waals surface area contributed by atoms with Crippen LogP contribution in [0.2, 0.25) is 0 Å². The van der Waals surface area contributed by atoms with Gasteiger partial charge in [-0.15, -0.1) is 11.3 Å². The van der Waals surface area contributed by atoms with Crippen LogP contribution in [-0.4, -0.2) is 14.5 Å². The molecule has 4 nitrogen and oxygen atoms in total. The van der Waals surface area contributed by atoms with Gasteiger partial charge >= 0.3 is 0 Å². The molecule has 0 fully saturated rings. The van der Waals surface area contributed by atoms with Crippen molar-refractivity contribution in [2.75, 3.05) is 0 Å². The highest BCUT2D eigenvalue weighted by Crippen LogP contribution is 2.25. The van der Waals surface area contributed by atoms with Gasteiger partial charge in [-0.25, -0.2) is 13.1 Å². The van der Waals surface area contributed by atoms with Crippen molar-refractivity contribution in [3.05, 3.63) is 15.8 Å². The minimum atomic E-state index is -3.41. The third-order valence-corrected chi connectivity index (χ3v) is 5.71. The quantitative estimate of drug-likeness (QED) is 0.810. The van der Waals surface area contributed by atoms with Crippen LogP contribution in [0.1, 0.15) is 42.9 Å². The van der Waals surface area contributed by atoms with Crippen LogP contribution in [-0.2, 0) is 16.6 Å². The summed E-state index contributed by atoms with van der Waals surface area (Å²) in [5.41, 5.74) is 5.55. The maximum Gasteiger partial charge on any atom is 0.241 e. The highest BCUT2D eigenvalue weighted by Gasteiger charge is 2.22. The van der Waals surface area contributed by atoms with Crippen molar-refractivity contribution in [2.45, 2.75) is 57.5 Å². The molecule has 1 heterocycles. The summed E-state index contributed by atoms with van der Waals surface area (Å²) in [4.78, 5) is 2.08. The van der Waals surface area contributed by atoms with E-state index in [1.807, 2.05) is 13.8 Å². The molecule has 0 saturated heterocycles. The summed E-state index contributed by atoms with van der Waals surface area (Å²) in [5.74, 6) is 0. The third-order valence-electron chi connectivity index (χ3n) is 2.87. The largest absolute Gasteiger partial charge is 0.326 e. The normalized spacial score (nSPS) is 13.8. The lowest BCUT2D eigenvalue weighted by Crippen LogP contribution is -2.34. The number of nitrogens with two attached hydrogens (primary N) is 1. The second-order valence-electron chi connectivity index (χ2n) is 4.35. The van der Waals surface area contributed by atoms with Gasteiger partial charge in [0, 0.05) is 22.3 Å². The first-order valence-electron chi connectivity index (χ1n) is 6.26. The van der Waals surface area contributed by atoms with Gasteiger partial charge in [0.05, 0.1) is 4.90 Å². The van der Waals surface area contributed by atoms with Crippen molar-refractivity contribution >= 4 is 21.4 Å². The summed E-state index contributed by atoms with van der Waals surface area (Å²) < 4.78 is 27.3. The van der Waals surface area contributed by atoms with Crippen molar-refractivity contribution < 1.29 is 8.42 Å². The monoisotopic (exact) mass is 290 g/mol. The Morgan fingerprint density at radius 2 is 2.11 bits per heavy atom. The average molecular weight is 290 g/mol. The van der Waals surface area contributed by atoms with Crippen LogP contribution in [0.4, 0.5) is 0 Å². The summed E-state index contributed by atoms with van der Waals surface area (Å²) in [6, 6.07) is 1.70. The van der Waals surface area contributed by atoms with E-state index in [0.717, 1.165) is 29.0 Å². The van der Waals surface area contributed by atoms with Gasteiger partial charge in [-0.1, -0.05) is 20.3 Å². The molecule has 104 valence electrons. The van der Waals surface area contributed by atoms with Gasteiger partial charge in [0.25, 0.3) is 0 Å². The van der Waals surface area contributed by atoms with E-state index in [0.29, 0.717) is 11.4 Å². The summed E-state index contributed by atoms with van der Waals surface area (Å²) in [6.45, 7) is 6.25. The van der Waals surface area contributed by atoms with E-state index in [1.165, 1.54) is 11.3 Å². The second-order valence-corrected chi connectivity index (χ2v) is 7.38. The first kappa shape index (κ1) is 15.6. The topological polar surface area (TPSA) is 72.2 Å². The zero-order valence-corrected chi connectivity index (χ0v) is 12.8. The van der Waals surface area contributed by atoms with Crippen LogP contribution in [0.3, 0.4) is 0 Å². The van der Waals surface area contributed by atoms with E-state index < -0.39 is 10.0 Å². The molecule has 18 heavy (non-hydrogen) atoms. The number of hydrogen-bond donors (Lipinski definition) is 2. The van der Waals surface area contributed by atoms with Crippen molar-refractivity contribution in [1.29, 1.82) is 0 Å². The first-order valence-corrected chi connectivity index (χ1v) is 8.56. The second kappa shape index (κ2) is 6.65. The Bertz CT molecular complexity index is 480. The van der Waals surface area contributed by atoms with Crippen molar-refractivity contribution in [2.24, 2.45) is 5.73 Å². The zero-order valence-electron chi connectivity index (χ0n) is 11.2. The Labute approximate surface area is 114 Å². The SMILES string of the molecule is CCCC(CC)NS(=O)(=O)c1cc(CN)sc1C. The van der Waals surface area contributed by atoms with E-state index in [9.17, 15) is 8.42 Å². The molecule has 0 amide bonds. The van der Waals surface area contributed by atoms with E-state index in [-0.39, 0.29) is 6.04 Å². The molecule has 1 atom stereocenters. The Morgan fingerprint density at radius 3 is 2.56 bits per heavy atom. The molecule has 1 unspecified atom stereocenters. The van der Waals surface area contributed by atoms with E-state index in [4.69, 9.17) is 5.73 Å². The molecule has 1 aromatic rings. The summed E-state index contributed by atoms with van der Waals surface area (Å²) in [6.07, 6.45) is 2.64. The number of hydrogen-bond acceptors (Lipinski definition) is 4. The average Bonchev–Trinajstić information content (AvgIpc) is 2.70. The van der Waals surface area contributed by atoms with Crippen molar-refractivity contribution in [1.82, 2.24) is 4.72 Å². The molecular weight excluding hydrogens is 268 g/mol. The van der Waals surface area contributed by atoms with Crippen molar-refractivity contribution in [3.8, 4) is 0 Å². The van der Waals surface area contributed by atoms with E-state index in [2.05, 4.69) is 11.6 Å². The minimum Gasteiger partial charge on any atom is -0.326 e. The zero-order chi connectivity index (χ0) is 13.8. The fourth-order valence-corrected chi connectivity index (χ4v) is 4.74. The molecule has 1 aromatic heterocycles.